The summed E-state index contributed by atoms with van der Waals surface area (Å²) in [5.41, 5.74) is 2.55. The van der Waals surface area contributed by atoms with Gasteiger partial charge >= 0.3 is 0 Å². The zero-order valence-corrected chi connectivity index (χ0v) is 12.0. The summed E-state index contributed by atoms with van der Waals surface area (Å²) in [6.45, 7) is 7.36. The molecule has 0 aromatic heterocycles. The summed E-state index contributed by atoms with van der Waals surface area (Å²) in [5.74, 6) is 1.74. The molecule has 100 valence electrons. The van der Waals surface area contributed by atoms with Crippen LogP contribution in [0.25, 0.3) is 0 Å². The molecule has 3 heteroatoms. The molecule has 0 bridgehead atoms. The summed E-state index contributed by atoms with van der Waals surface area (Å²) in [4.78, 5) is 0. The molecule has 0 radical (unpaired) electrons. The highest BCUT2D eigenvalue weighted by Gasteiger charge is 2.18. The average Bonchev–Trinajstić information content (AvgIpc) is 2.77. The first-order valence-electron chi connectivity index (χ1n) is 6.85. The monoisotopic (exact) mass is 267 g/mol. The van der Waals surface area contributed by atoms with E-state index in [4.69, 9.17) is 16.3 Å². The lowest BCUT2D eigenvalue weighted by Crippen LogP contribution is -2.17. The summed E-state index contributed by atoms with van der Waals surface area (Å²) in [6.07, 6.45) is 3.23. The van der Waals surface area contributed by atoms with Crippen LogP contribution in [-0.4, -0.2) is 19.7 Å². The standard InChI is InChI=1S/C15H22ClNO/c1-3-17-6-4-11(2)8-13-10-14(16)9-12-5-7-18-15(12)13/h9-11,17H,3-8H2,1-2H3. The van der Waals surface area contributed by atoms with Gasteiger partial charge in [0.15, 0.2) is 0 Å². The molecule has 2 rings (SSSR count). The van der Waals surface area contributed by atoms with Gasteiger partial charge in [0, 0.05) is 11.4 Å². The predicted octanol–water partition coefficient (Wildman–Crippen LogP) is 3.45. The summed E-state index contributed by atoms with van der Waals surface area (Å²) in [5, 5.41) is 4.21. The Morgan fingerprint density at radius 3 is 3.06 bits per heavy atom. The Labute approximate surface area is 115 Å². The van der Waals surface area contributed by atoms with Gasteiger partial charge < -0.3 is 10.1 Å². The normalized spacial score (nSPS) is 15.3. The molecule has 1 heterocycles. The Kier molecular flexibility index (Phi) is 4.90. The summed E-state index contributed by atoms with van der Waals surface area (Å²) < 4.78 is 5.74. The topological polar surface area (TPSA) is 21.3 Å². The minimum absolute atomic E-state index is 0.649. The molecule has 2 nitrogen and oxygen atoms in total. The molecule has 1 aromatic rings. The summed E-state index contributed by atoms with van der Waals surface area (Å²) >= 11 is 6.17. The first-order valence-corrected chi connectivity index (χ1v) is 7.23. The van der Waals surface area contributed by atoms with E-state index in [1.807, 2.05) is 6.07 Å². The second-order valence-electron chi connectivity index (χ2n) is 5.10. The molecule has 0 amide bonds. The highest BCUT2D eigenvalue weighted by Crippen LogP contribution is 2.34. The van der Waals surface area contributed by atoms with Crippen LogP contribution in [0, 0.1) is 5.92 Å². The van der Waals surface area contributed by atoms with Crippen molar-refractivity contribution in [1.82, 2.24) is 5.32 Å². The second kappa shape index (κ2) is 6.44. The first-order chi connectivity index (χ1) is 8.70. The first kappa shape index (κ1) is 13.7. The number of hydrogen-bond donors (Lipinski definition) is 1. The van der Waals surface area contributed by atoms with Gasteiger partial charge in [-0.2, -0.15) is 0 Å². The second-order valence-corrected chi connectivity index (χ2v) is 5.54. The smallest absolute Gasteiger partial charge is 0.125 e. The van der Waals surface area contributed by atoms with E-state index in [-0.39, 0.29) is 0 Å². The maximum absolute atomic E-state index is 6.17. The predicted molar refractivity (Wildman–Crippen MR) is 76.7 cm³/mol. The van der Waals surface area contributed by atoms with Crippen LogP contribution < -0.4 is 10.1 Å². The maximum atomic E-state index is 6.17. The minimum Gasteiger partial charge on any atom is -0.493 e. The van der Waals surface area contributed by atoms with Crippen LogP contribution >= 0.6 is 11.6 Å². The summed E-state index contributed by atoms with van der Waals surface area (Å²) in [6, 6.07) is 4.10. The van der Waals surface area contributed by atoms with Crippen LogP contribution in [0.1, 0.15) is 31.4 Å². The molecule has 1 N–H and O–H groups in total. The summed E-state index contributed by atoms with van der Waals surface area (Å²) in [7, 11) is 0. The van der Waals surface area contributed by atoms with Gasteiger partial charge in [-0.05, 0) is 55.1 Å². The van der Waals surface area contributed by atoms with E-state index < -0.39 is 0 Å². The van der Waals surface area contributed by atoms with Crippen LogP contribution in [0.2, 0.25) is 5.02 Å². The van der Waals surface area contributed by atoms with Crippen LogP contribution in [0.4, 0.5) is 0 Å². The number of halogens is 1. The molecule has 0 aliphatic carbocycles. The maximum Gasteiger partial charge on any atom is 0.125 e. The van der Waals surface area contributed by atoms with E-state index >= 15 is 0 Å². The van der Waals surface area contributed by atoms with Gasteiger partial charge in [0.05, 0.1) is 6.61 Å². The SMILES string of the molecule is CCNCCC(C)Cc1cc(Cl)cc2c1OCC2. The molecule has 18 heavy (non-hydrogen) atoms. The van der Waals surface area contributed by atoms with E-state index in [9.17, 15) is 0 Å². The van der Waals surface area contributed by atoms with E-state index in [0.29, 0.717) is 5.92 Å². The van der Waals surface area contributed by atoms with Crippen molar-refractivity contribution in [2.24, 2.45) is 5.92 Å². The molecule has 1 aromatic carbocycles. The van der Waals surface area contributed by atoms with Gasteiger partial charge in [-0.1, -0.05) is 25.4 Å². The molecule has 0 fully saturated rings. The Morgan fingerprint density at radius 1 is 1.44 bits per heavy atom. The number of fused-ring (bicyclic) bond motifs is 1. The molecular weight excluding hydrogens is 246 g/mol. The zero-order chi connectivity index (χ0) is 13.0. The van der Waals surface area contributed by atoms with Gasteiger partial charge in [-0.3, -0.25) is 0 Å². The Hall–Kier alpha value is -0.730. The van der Waals surface area contributed by atoms with Crippen LogP contribution in [-0.2, 0) is 12.8 Å². The van der Waals surface area contributed by atoms with Gasteiger partial charge in [-0.25, -0.2) is 0 Å². The van der Waals surface area contributed by atoms with Crippen LogP contribution in [0.15, 0.2) is 12.1 Å². The van der Waals surface area contributed by atoms with E-state index in [1.54, 1.807) is 0 Å². The highest BCUT2D eigenvalue weighted by atomic mass is 35.5. The van der Waals surface area contributed by atoms with E-state index in [2.05, 4.69) is 25.2 Å². The van der Waals surface area contributed by atoms with Crippen molar-refractivity contribution in [2.45, 2.75) is 33.1 Å². The fourth-order valence-corrected chi connectivity index (χ4v) is 2.76. The third-order valence-corrected chi connectivity index (χ3v) is 3.68. The molecular formula is C15H22ClNO. The third kappa shape index (κ3) is 3.39. The highest BCUT2D eigenvalue weighted by molar-refractivity contribution is 6.30. The molecule has 0 saturated heterocycles. The molecule has 1 unspecified atom stereocenters. The van der Waals surface area contributed by atoms with Crippen molar-refractivity contribution in [1.29, 1.82) is 0 Å². The number of hydrogen-bond acceptors (Lipinski definition) is 2. The molecule has 1 atom stereocenters. The number of nitrogens with one attached hydrogen (secondary N) is 1. The molecule has 0 spiro atoms. The zero-order valence-electron chi connectivity index (χ0n) is 11.3. The Bertz CT molecular complexity index is 406. The van der Waals surface area contributed by atoms with Crippen molar-refractivity contribution in [2.75, 3.05) is 19.7 Å². The third-order valence-electron chi connectivity index (χ3n) is 3.46. The van der Waals surface area contributed by atoms with Crippen molar-refractivity contribution < 1.29 is 4.74 Å². The van der Waals surface area contributed by atoms with Gasteiger partial charge in [0.2, 0.25) is 0 Å². The molecule has 1 aliphatic heterocycles. The van der Waals surface area contributed by atoms with Crippen molar-refractivity contribution >= 4 is 11.6 Å². The Balaban J connectivity index is 2.00. The van der Waals surface area contributed by atoms with E-state index in [1.165, 1.54) is 17.5 Å². The fourth-order valence-electron chi connectivity index (χ4n) is 2.50. The average molecular weight is 268 g/mol. The van der Waals surface area contributed by atoms with Crippen molar-refractivity contribution in [3.8, 4) is 5.75 Å². The fraction of sp³-hybridized carbons (Fsp3) is 0.600. The Morgan fingerprint density at radius 2 is 2.28 bits per heavy atom. The lowest BCUT2D eigenvalue weighted by molar-refractivity contribution is 0.350. The van der Waals surface area contributed by atoms with E-state index in [0.717, 1.165) is 43.3 Å². The largest absolute Gasteiger partial charge is 0.493 e. The molecule has 1 aliphatic rings. The van der Waals surface area contributed by atoms with Crippen LogP contribution in [0.5, 0.6) is 5.75 Å². The quantitative estimate of drug-likeness (QED) is 0.797. The number of rotatable bonds is 6. The number of ether oxygens (including phenoxy) is 1. The van der Waals surface area contributed by atoms with Gasteiger partial charge in [-0.15, -0.1) is 0 Å². The van der Waals surface area contributed by atoms with Gasteiger partial charge in [0.1, 0.15) is 5.75 Å². The molecule has 0 saturated carbocycles. The van der Waals surface area contributed by atoms with Crippen molar-refractivity contribution in [3.05, 3.63) is 28.3 Å². The lowest BCUT2D eigenvalue weighted by Gasteiger charge is -2.14. The number of benzene rings is 1. The van der Waals surface area contributed by atoms with Gasteiger partial charge in [0.25, 0.3) is 0 Å². The minimum atomic E-state index is 0.649. The lowest BCUT2D eigenvalue weighted by atomic mass is 9.96. The van der Waals surface area contributed by atoms with Crippen molar-refractivity contribution in [3.63, 3.8) is 0 Å². The van der Waals surface area contributed by atoms with Crippen LogP contribution in [0.3, 0.4) is 0 Å².